The van der Waals surface area contributed by atoms with Crippen LogP contribution in [0.5, 0.6) is 0 Å². The van der Waals surface area contributed by atoms with Gasteiger partial charge in [-0.25, -0.2) is 13.1 Å². The summed E-state index contributed by atoms with van der Waals surface area (Å²) in [6.07, 6.45) is 2.72. The van der Waals surface area contributed by atoms with Crippen molar-refractivity contribution >= 4 is 21.4 Å². The summed E-state index contributed by atoms with van der Waals surface area (Å²) in [4.78, 5) is 1.18. The topological polar surface area (TPSA) is 81.4 Å². The van der Waals surface area contributed by atoms with E-state index in [0.29, 0.717) is 18.0 Å². The fraction of sp³-hybridized carbons (Fsp3) is 0.636. The van der Waals surface area contributed by atoms with Crippen LogP contribution < -0.4 is 10.5 Å². The zero-order valence-corrected chi connectivity index (χ0v) is 12.1. The molecule has 0 spiro atoms. The zero-order chi connectivity index (χ0) is 13.4. The molecule has 104 valence electrons. The van der Waals surface area contributed by atoms with Crippen molar-refractivity contribution < 1.29 is 13.2 Å². The smallest absolute Gasteiger partial charge is 0.241 e. The average molecular weight is 292 g/mol. The Bertz CT molecular complexity index is 443. The minimum atomic E-state index is -3.37. The second-order valence-corrected chi connectivity index (χ2v) is 6.67. The number of ether oxygens (including phenoxy) is 1. The van der Waals surface area contributed by atoms with E-state index in [2.05, 4.69) is 4.72 Å². The quantitative estimate of drug-likeness (QED) is 0.672. The molecular weight excluding hydrogens is 272 g/mol. The molecule has 1 heterocycles. The van der Waals surface area contributed by atoms with E-state index in [0.717, 1.165) is 30.7 Å². The van der Waals surface area contributed by atoms with Gasteiger partial charge in [-0.1, -0.05) is 0 Å². The van der Waals surface area contributed by atoms with Gasteiger partial charge < -0.3 is 10.5 Å². The van der Waals surface area contributed by atoms with Crippen LogP contribution in [0, 0.1) is 0 Å². The Morgan fingerprint density at radius 2 is 2.17 bits per heavy atom. The number of rotatable bonds is 9. The molecule has 0 unspecified atom stereocenters. The molecule has 7 heteroatoms. The number of thiophene rings is 1. The molecule has 3 N–H and O–H groups in total. The molecule has 0 aliphatic heterocycles. The van der Waals surface area contributed by atoms with E-state index in [1.807, 2.05) is 0 Å². The number of nitrogens with one attached hydrogen (secondary N) is 1. The van der Waals surface area contributed by atoms with Crippen LogP contribution in [-0.4, -0.2) is 28.7 Å². The van der Waals surface area contributed by atoms with Crippen molar-refractivity contribution in [3.63, 3.8) is 0 Å². The van der Waals surface area contributed by atoms with Crippen LogP contribution in [-0.2, 0) is 21.3 Å². The average Bonchev–Trinajstić information content (AvgIpc) is 2.83. The van der Waals surface area contributed by atoms with Crippen LogP contribution in [0.4, 0.5) is 0 Å². The van der Waals surface area contributed by atoms with Crippen molar-refractivity contribution in [2.75, 3.05) is 20.3 Å². The standard InChI is InChI=1S/C11H20N2O3S2/c1-16-6-4-2-3-5-13-18(14,15)11-7-10(8-12)17-9-11/h7,9,13H,2-6,8,12H2,1H3. The van der Waals surface area contributed by atoms with Crippen molar-refractivity contribution in [1.29, 1.82) is 0 Å². The maximum Gasteiger partial charge on any atom is 0.241 e. The van der Waals surface area contributed by atoms with Crippen molar-refractivity contribution in [3.8, 4) is 0 Å². The highest BCUT2D eigenvalue weighted by molar-refractivity contribution is 7.89. The summed E-state index contributed by atoms with van der Waals surface area (Å²) in [6.45, 7) is 1.55. The third-order valence-corrected chi connectivity index (χ3v) is 5.01. The Labute approximate surface area is 112 Å². The maximum absolute atomic E-state index is 11.9. The molecule has 0 saturated heterocycles. The molecule has 0 atom stereocenters. The molecule has 0 aromatic carbocycles. The minimum Gasteiger partial charge on any atom is -0.385 e. The predicted octanol–water partition coefficient (Wildman–Crippen LogP) is 1.30. The predicted molar refractivity (Wildman–Crippen MR) is 73.1 cm³/mol. The normalized spacial score (nSPS) is 11.9. The summed E-state index contributed by atoms with van der Waals surface area (Å²) >= 11 is 1.37. The van der Waals surface area contributed by atoms with E-state index in [-0.39, 0.29) is 0 Å². The lowest BCUT2D eigenvalue weighted by Crippen LogP contribution is -2.24. The molecule has 0 saturated carbocycles. The lowest BCUT2D eigenvalue weighted by molar-refractivity contribution is 0.192. The number of unbranched alkanes of at least 4 members (excludes halogenated alkanes) is 2. The van der Waals surface area contributed by atoms with Crippen molar-refractivity contribution in [1.82, 2.24) is 4.72 Å². The lowest BCUT2D eigenvalue weighted by Gasteiger charge is -2.04. The second-order valence-electron chi connectivity index (χ2n) is 3.90. The van der Waals surface area contributed by atoms with Gasteiger partial charge in [-0.2, -0.15) is 0 Å². The minimum absolute atomic E-state index is 0.310. The summed E-state index contributed by atoms with van der Waals surface area (Å²) in [5, 5.41) is 1.62. The lowest BCUT2D eigenvalue weighted by atomic mass is 10.2. The molecule has 0 aliphatic carbocycles. The summed E-state index contributed by atoms with van der Waals surface area (Å²) in [7, 11) is -1.71. The first-order valence-electron chi connectivity index (χ1n) is 5.86. The molecule has 1 rings (SSSR count). The Kier molecular flexibility index (Phi) is 6.80. The number of hydrogen-bond donors (Lipinski definition) is 2. The Hall–Kier alpha value is -0.470. The van der Waals surface area contributed by atoms with Gasteiger partial charge in [0.1, 0.15) is 0 Å². The number of nitrogens with two attached hydrogens (primary N) is 1. The molecule has 1 aromatic rings. The monoisotopic (exact) mass is 292 g/mol. The molecule has 5 nitrogen and oxygen atoms in total. The molecule has 0 fully saturated rings. The van der Waals surface area contributed by atoms with Gasteiger partial charge in [-0.05, 0) is 25.3 Å². The van der Waals surface area contributed by atoms with Crippen LogP contribution in [0.15, 0.2) is 16.3 Å². The summed E-state index contributed by atoms with van der Waals surface area (Å²) < 4.78 is 31.3. The number of hydrogen-bond acceptors (Lipinski definition) is 5. The van der Waals surface area contributed by atoms with Crippen molar-refractivity contribution in [2.45, 2.75) is 30.7 Å². The van der Waals surface area contributed by atoms with Gasteiger partial charge >= 0.3 is 0 Å². The number of methoxy groups -OCH3 is 1. The molecular formula is C11H20N2O3S2. The van der Waals surface area contributed by atoms with Gasteiger partial charge in [0.25, 0.3) is 0 Å². The van der Waals surface area contributed by atoms with Gasteiger partial charge in [0.15, 0.2) is 0 Å². The Morgan fingerprint density at radius 3 is 2.78 bits per heavy atom. The largest absolute Gasteiger partial charge is 0.385 e. The molecule has 0 aliphatic rings. The van der Waals surface area contributed by atoms with Crippen LogP contribution in [0.25, 0.3) is 0 Å². The van der Waals surface area contributed by atoms with Gasteiger partial charge in [0.2, 0.25) is 10.0 Å². The molecule has 0 bridgehead atoms. The Morgan fingerprint density at radius 1 is 1.39 bits per heavy atom. The molecule has 0 amide bonds. The van der Waals surface area contributed by atoms with Crippen LogP contribution in [0.3, 0.4) is 0 Å². The van der Waals surface area contributed by atoms with E-state index in [4.69, 9.17) is 10.5 Å². The highest BCUT2D eigenvalue weighted by Gasteiger charge is 2.14. The maximum atomic E-state index is 11.9. The van der Waals surface area contributed by atoms with Crippen LogP contribution in [0.1, 0.15) is 24.1 Å². The van der Waals surface area contributed by atoms with Gasteiger partial charge in [0.05, 0.1) is 4.90 Å². The fourth-order valence-electron chi connectivity index (χ4n) is 1.45. The summed E-state index contributed by atoms with van der Waals surface area (Å²) in [5.74, 6) is 0. The van der Waals surface area contributed by atoms with E-state index >= 15 is 0 Å². The number of sulfonamides is 1. The third-order valence-electron chi connectivity index (χ3n) is 2.46. The summed E-state index contributed by atoms with van der Waals surface area (Å²) in [5.41, 5.74) is 5.46. The van der Waals surface area contributed by atoms with E-state index in [9.17, 15) is 8.42 Å². The van der Waals surface area contributed by atoms with Gasteiger partial charge in [-0.15, -0.1) is 11.3 Å². The third kappa shape index (κ3) is 5.03. The van der Waals surface area contributed by atoms with Crippen molar-refractivity contribution in [3.05, 3.63) is 16.3 Å². The van der Waals surface area contributed by atoms with Crippen LogP contribution >= 0.6 is 11.3 Å². The van der Waals surface area contributed by atoms with E-state index < -0.39 is 10.0 Å². The van der Waals surface area contributed by atoms with Crippen LogP contribution in [0.2, 0.25) is 0 Å². The first-order chi connectivity index (χ1) is 8.60. The van der Waals surface area contributed by atoms with Gasteiger partial charge in [0, 0.05) is 37.1 Å². The molecule has 1 aromatic heterocycles. The second kappa shape index (κ2) is 7.85. The SMILES string of the molecule is COCCCCCNS(=O)(=O)c1csc(CN)c1. The fourth-order valence-corrected chi connectivity index (χ4v) is 3.68. The first-order valence-corrected chi connectivity index (χ1v) is 8.22. The van der Waals surface area contributed by atoms with E-state index in [1.165, 1.54) is 11.3 Å². The highest BCUT2D eigenvalue weighted by Crippen LogP contribution is 2.18. The summed E-state index contributed by atoms with van der Waals surface area (Å²) in [6, 6.07) is 1.62. The highest BCUT2D eigenvalue weighted by atomic mass is 32.2. The zero-order valence-electron chi connectivity index (χ0n) is 10.5. The molecule has 0 radical (unpaired) electrons. The Balaban J connectivity index is 2.36. The molecule has 18 heavy (non-hydrogen) atoms. The van der Waals surface area contributed by atoms with Gasteiger partial charge in [-0.3, -0.25) is 0 Å². The first kappa shape index (κ1) is 15.6. The van der Waals surface area contributed by atoms with Crippen molar-refractivity contribution in [2.24, 2.45) is 5.73 Å². The van der Waals surface area contributed by atoms with E-state index in [1.54, 1.807) is 18.6 Å².